The Bertz CT molecular complexity index is 473. The Morgan fingerprint density at radius 3 is 2.62 bits per heavy atom. The summed E-state index contributed by atoms with van der Waals surface area (Å²) >= 11 is 0. The molecular weight excluding hydrogens is 203 g/mol. The minimum Gasteiger partial charge on any atom is -0.325 e. The molecule has 0 radical (unpaired) electrons. The van der Waals surface area contributed by atoms with E-state index in [0.29, 0.717) is 11.5 Å². The third-order valence-electron chi connectivity index (χ3n) is 2.40. The molecule has 0 aromatic heterocycles. The number of hydrogen-bond acceptors (Lipinski definition) is 2. The van der Waals surface area contributed by atoms with E-state index in [9.17, 15) is 4.39 Å². The van der Waals surface area contributed by atoms with Gasteiger partial charge in [0.25, 0.3) is 0 Å². The van der Waals surface area contributed by atoms with E-state index in [1.807, 2.05) is 0 Å². The predicted octanol–water partition coefficient (Wildman–Crippen LogP) is 2.98. The van der Waals surface area contributed by atoms with Crippen molar-refractivity contribution in [1.29, 1.82) is 0 Å². The van der Waals surface area contributed by atoms with Crippen LogP contribution in [0.5, 0.6) is 0 Å². The van der Waals surface area contributed by atoms with E-state index in [1.165, 1.54) is 6.07 Å². The molecular formula is C13H15FN2. The normalized spacial score (nSPS) is 17.1. The maximum Gasteiger partial charge on any atom is 0.141 e. The summed E-state index contributed by atoms with van der Waals surface area (Å²) in [4.78, 5) is 4.35. The van der Waals surface area contributed by atoms with Crippen LogP contribution >= 0.6 is 0 Å². The van der Waals surface area contributed by atoms with E-state index in [4.69, 9.17) is 0 Å². The molecule has 0 saturated carbocycles. The van der Waals surface area contributed by atoms with Crippen LogP contribution in [0.15, 0.2) is 35.1 Å². The van der Waals surface area contributed by atoms with Gasteiger partial charge in [0, 0.05) is 5.56 Å². The topological polar surface area (TPSA) is 24.4 Å². The maximum atomic E-state index is 13.1. The van der Waals surface area contributed by atoms with Gasteiger partial charge < -0.3 is 5.32 Å². The van der Waals surface area contributed by atoms with Crippen LogP contribution in [-0.4, -0.2) is 5.84 Å². The lowest BCUT2D eigenvalue weighted by atomic mass is 10.1. The van der Waals surface area contributed by atoms with Crippen LogP contribution in [0, 0.1) is 18.7 Å². The van der Waals surface area contributed by atoms with E-state index < -0.39 is 0 Å². The van der Waals surface area contributed by atoms with Gasteiger partial charge in [-0.25, -0.2) is 9.38 Å². The van der Waals surface area contributed by atoms with Gasteiger partial charge in [0.15, 0.2) is 0 Å². The van der Waals surface area contributed by atoms with Crippen LogP contribution in [-0.2, 0) is 0 Å². The predicted molar refractivity (Wildman–Crippen MR) is 63.7 cm³/mol. The highest BCUT2D eigenvalue weighted by Gasteiger charge is 2.15. The van der Waals surface area contributed by atoms with Gasteiger partial charge in [-0.2, -0.15) is 0 Å². The Balaban J connectivity index is 2.20. The van der Waals surface area contributed by atoms with Crippen LogP contribution in [0.3, 0.4) is 0 Å². The molecule has 0 bridgehead atoms. The molecule has 1 aromatic carbocycles. The first-order valence-electron chi connectivity index (χ1n) is 5.40. The van der Waals surface area contributed by atoms with Gasteiger partial charge in [0.2, 0.25) is 0 Å². The molecule has 1 heterocycles. The number of rotatable bonds is 2. The number of halogens is 1. The Morgan fingerprint density at radius 1 is 1.38 bits per heavy atom. The minimum atomic E-state index is -0.179. The summed E-state index contributed by atoms with van der Waals surface area (Å²) < 4.78 is 13.1. The molecule has 1 aromatic rings. The molecule has 1 N–H and O–H groups in total. The van der Waals surface area contributed by atoms with E-state index >= 15 is 0 Å². The highest BCUT2D eigenvalue weighted by molar-refractivity contribution is 6.04. The summed E-state index contributed by atoms with van der Waals surface area (Å²) in [6, 6.07) is 5.01. The molecule has 0 spiro atoms. The average Bonchev–Trinajstić information content (AvgIpc) is 2.15. The third kappa shape index (κ3) is 2.13. The highest BCUT2D eigenvalue weighted by Crippen LogP contribution is 2.16. The van der Waals surface area contributed by atoms with Crippen molar-refractivity contribution in [3.63, 3.8) is 0 Å². The molecule has 1 aliphatic heterocycles. The summed E-state index contributed by atoms with van der Waals surface area (Å²) in [5.74, 6) is 2.01. The summed E-state index contributed by atoms with van der Waals surface area (Å²) in [6.45, 7) is 5.96. The van der Waals surface area contributed by atoms with Crippen molar-refractivity contribution in [3.8, 4) is 0 Å². The van der Waals surface area contributed by atoms with Crippen LogP contribution < -0.4 is 5.32 Å². The molecule has 2 rings (SSSR count). The average molecular weight is 218 g/mol. The number of aryl methyl sites for hydroxylation is 1. The number of allylic oxidation sites excluding steroid dienone is 1. The van der Waals surface area contributed by atoms with Gasteiger partial charge in [0.1, 0.15) is 17.5 Å². The zero-order chi connectivity index (χ0) is 11.7. The summed E-state index contributed by atoms with van der Waals surface area (Å²) in [5.41, 5.74) is 1.57. The quantitative estimate of drug-likeness (QED) is 0.810. The number of aliphatic imine (C=N–C) groups is 1. The first kappa shape index (κ1) is 10.9. The summed E-state index contributed by atoms with van der Waals surface area (Å²) in [5, 5.41) is 3.16. The largest absolute Gasteiger partial charge is 0.325 e. The van der Waals surface area contributed by atoms with Crippen LogP contribution in [0.2, 0.25) is 0 Å². The van der Waals surface area contributed by atoms with E-state index in [2.05, 4.69) is 30.2 Å². The fraction of sp³-hybridized carbons (Fsp3) is 0.308. The third-order valence-corrected chi connectivity index (χ3v) is 2.40. The van der Waals surface area contributed by atoms with Crippen molar-refractivity contribution in [2.45, 2.75) is 20.8 Å². The Morgan fingerprint density at radius 2 is 2.06 bits per heavy atom. The number of nitrogens with one attached hydrogen (secondary N) is 1. The zero-order valence-corrected chi connectivity index (χ0v) is 9.71. The van der Waals surface area contributed by atoms with Crippen molar-refractivity contribution in [2.75, 3.05) is 0 Å². The monoisotopic (exact) mass is 218 g/mol. The smallest absolute Gasteiger partial charge is 0.141 e. The Labute approximate surface area is 94.9 Å². The second-order valence-corrected chi connectivity index (χ2v) is 4.35. The lowest BCUT2D eigenvalue weighted by Gasteiger charge is -2.20. The van der Waals surface area contributed by atoms with E-state index in [0.717, 1.165) is 17.2 Å². The van der Waals surface area contributed by atoms with Gasteiger partial charge in [-0.15, -0.1) is 0 Å². The van der Waals surface area contributed by atoms with Gasteiger partial charge >= 0.3 is 0 Å². The molecule has 84 valence electrons. The van der Waals surface area contributed by atoms with Crippen LogP contribution in [0.25, 0.3) is 0 Å². The lowest BCUT2D eigenvalue weighted by Crippen LogP contribution is -2.33. The van der Waals surface area contributed by atoms with Crippen molar-refractivity contribution < 1.29 is 4.39 Å². The molecule has 0 amide bonds. The van der Waals surface area contributed by atoms with Gasteiger partial charge in [-0.3, -0.25) is 0 Å². The van der Waals surface area contributed by atoms with Crippen molar-refractivity contribution in [1.82, 2.24) is 5.32 Å². The second-order valence-electron chi connectivity index (χ2n) is 4.35. The van der Waals surface area contributed by atoms with Gasteiger partial charge in [0.05, 0.1) is 0 Å². The van der Waals surface area contributed by atoms with Gasteiger partial charge in [-0.05, 0) is 42.7 Å². The molecule has 0 fully saturated rings. The summed E-state index contributed by atoms with van der Waals surface area (Å²) in [6.07, 6.45) is 2.06. The van der Waals surface area contributed by atoms with Crippen molar-refractivity contribution in [2.24, 2.45) is 10.9 Å². The van der Waals surface area contributed by atoms with Crippen LogP contribution in [0.4, 0.5) is 4.39 Å². The molecule has 0 unspecified atom stereocenters. The summed E-state index contributed by atoms with van der Waals surface area (Å²) in [7, 11) is 0. The first-order valence-corrected chi connectivity index (χ1v) is 5.40. The Hall–Kier alpha value is -1.64. The van der Waals surface area contributed by atoms with Crippen molar-refractivity contribution in [3.05, 3.63) is 47.0 Å². The minimum absolute atomic E-state index is 0.179. The first-order chi connectivity index (χ1) is 7.56. The molecule has 2 nitrogen and oxygen atoms in total. The number of benzene rings is 1. The molecule has 0 saturated heterocycles. The number of hydrogen-bond donors (Lipinski definition) is 1. The lowest BCUT2D eigenvalue weighted by molar-refractivity contribution is 0.618. The molecule has 3 heteroatoms. The van der Waals surface area contributed by atoms with Gasteiger partial charge in [-0.1, -0.05) is 13.8 Å². The standard InChI is InChI=1S/C13H15FN2/c1-8(2)6-12-15-13(16-12)10-4-5-11(14)9(3)7-10/h4-8H,1-3H3,(H,15,16). The Kier molecular flexibility index (Phi) is 2.77. The maximum absolute atomic E-state index is 13.1. The molecule has 1 aliphatic rings. The van der Waals surface area contributed by atoms with Crippen LogP contribution in [0.1, 0.15) is 25.0 Å². The van der Waals surface area contributed by atoms with E-state index in [1.54, 1.807) is 19.1 Å². The second kappa shape index (κ2) is 4.08. The fourth-order valence-corrected chi connectivity index (χ4v) is 1.57. The van der Waals surface area contributed by atoms with E-state index in [-0.39, 0.29) is 5.82 Å². The van der Waals surface area contributed by atoms with Crippen molar-refractivity contribution >= 4 is 5.84 Å². The zero-order valence-electron chi connectivity index (χ0n) is 9.71. The SMILES string of the molecule is Cc1cc(C2=N/C(=C/C(C)C)N2)ccc1F. The highest BCUT2D eigenvalue weighted by atomic mass is 19.1. The fourth-order valence-electron chi connectivity index (χ4n) is 1.57. The molecule has 0 aliphatic carbocycles. The molecule has 0 atom stereocenters. The molecule has 16 heavy (non-hydrogen) atoms. The number of nitrogens with zero attached hydrogens (tertiary/aromatic N) is 1. The number of amidine groups is 1.